The van der Waals surface area contributed by atoms with Crippen LogP contribution in [0.2, 0.25) is 0 Å². The smallest absolute Gasteiger partial charge is 0.220 e. The van der Waals surface area contributed by atoms with E-state index < -0.39 is 35.7 Å². The number of thioether (sulfide) groups is 1. The normalized spacial score (nSPS) is 12.9. The van der Waals surface area contributed by atoms with Crippen molar-refractivity contribution in [1.82, 2.24) is 10.6 Å². The van der Waals surface area contributed by atoms with Gasteiger partial charge in [0.25, 0.3) is 0 Å². The van der Waals surface area contributed by atoms with Crippen molar-refractivity contribution in [2.75, 3.05) is 24.6 Å². The Bertz CT molecular complexity index is 948. The van der Waals surface area contributed by atoms with E-state index in [4.69, 9.17) is 22.9 Å². The van der Waals surface area contributed by atoms with E-state index in [0.717, 1.165) is 19.4 Å². The first-order valence-electron chi connectivity index (χ1n) is 15.7. The highest BCUT2D eigenvalue weighted by Crippen LogP contribution is 2.17. The van der Waals surface area contributed by atoms with Gasteiger partial charge in [0, 0.05) is 56.6 Å². The number of unbranched alkanes of at least 4 members (excludes halogenated alkanes) is 1. The number of nitrogens with zero attached hydrogens (tertiary/aromatic N) is 1. The van der Waals surface area contributed by atoms with Gasteiger partial charge >= 0.3 is 0 Å². The first-order valence-corrected chi connectivity index (χ1v) is 17.4. The number of guanidine groups is 1. The van der Waals surface area contributed by atoms with E-state index in [0.29, 0.717) is 36.8 Å². The molecular weight excluding hydrogens is 633 g/mol. The third-order valence-electron chi connectivity index (χ3n) is 6.07. The molecule has 0 aliphatic heterocycles. The molecule has 0 fully saturated rings. The standard InChI is InChI=1S/C15H29N5O3S.C12H23N3O3S.C3H8/c1-9(2)24-8-12(20-10(3)21)13(22)7-11(14(16)23)5-4-6-19-15(17)18;1-8(16)15-10(7-19)11(17)6-9(12(14)18)4-2-3-5-13;1-3-2/h9,11-12H,4-8H2,1-3H3,(H2,16,23)(H,20,21)(H4,17,18,19);9-10,19H,2-7,13H2,1H3,(H2,14,18)(H,15,16);3H2,1-2H3/p+1/t11-,12+;9-,10+;/m00./s1. The molecule has 13 N–H and O–H groups in total. The molecule has 14 nitrogen and oxygen atoms in total. The number of hydrogen-bond donors (Lipinski definition) is 8. The Morgan fingerprint density at radius 1 is 0.783 bits per heavy atom. The maximum absolute atomic E-state index is 12.4. The van der Waals surface area contributed by atoms with Crippen molar-refractivity contribution in [1.29, 1.82) is 0 Å². The molecule has 0 saturated carbocycles. The Morgan fingerprint density at radius 3 is 1.59 bits per heavy atom. The number of amides is 4. The topological polar surface area (TPSA) is 271 Å². The van der Waals surface area contributed by atoms with Crippen molar-refractivity contribution in [3.63, 3.8) is 0 Å². The number of ketones is 2. The fourth-order valence-corrected chi connectivity index (χ4v) is 4.94. The molecule has 0 spiro atoms. The number of quaternary nitrogens is 1. The molecule has 0 radical (unpaired) electrons. The minimum Gasteiger partial charge on any atom is -0.370 e. The number of carbonyl (C=O) groups is 6. The molecule has 0 heterocycles. The highest BCUT2D eigenvalue weighted by atomic mass is 32.2. The Morgan fingerprint density at radius 2 is 1.22 bits per heavy atom. The Kier molecular flexibility index (Phi) is 30.5. The summed E-state index contributed by atoms with van der Waals surface area (Å²) in [5.41, 5.74) is 24.9. The van der Waals surface area contributed by atoms with E-state index in [1.807, 2.05) is 13.8 Å². The molecule has 0 aromatic rings. The Balaban J connectivity index is -0.000000756. The summed E-state index contributed by atoms with van der Waals surface area (Å²) in [4.78, 5) is 73.4. The van der Waals surface area contributed by atoms with Gasteiger partial charge in [-0.1, -0.05) is 34.1 Å². The first-order chi connectivity index (χ1) is 21.5. The van der Waals surface area contributed by atoms with Crippen LogP contribution in [0.15, 0.2) is 4.99 Å². The van der Waals surface area contributed by atoms with E-state index >= 15 is 0 Å². The lowest BCUT2D eigenvalue weighted by Gasteiger charge is -2.20. The summed E-state index contributed by atoms with van der Waals surface area (Å²) in [6.07, 6.45) is 4.57. The van der Waals surface area contributed by atoms with Gasteiger partial charge in [0.1, 0.15) is 0 Å². The van der Waals surface area contributed by atoms with Crippen LogP contribution in [-0.2, 0) is 28.8 Å². The van der Waals surface area contributed by atoms with Gasteiger partial charge in [-0.15, -0.1) is 0 Å². The molecule has 0 unspecified atom stereocenters. The fourth-order valence-electron chi connectivity index (χ4n) is 3.80. The van der Waals surface area contributed by atoms with Gasteiger partial charge in [0.05, 0.1) is 18.6 Å². The van der Waals surface area contributed by atoms with Crippen molar-refractivity contribution >= 4 is 65.5 Å². The lowest BCUT2D eigenvalue weighted by atomic mass is 9.93. The molecule has 0 aliphatic carbocycles. The number of nitrogens with one attached hydrogen (secondary N) is 2. The monoisotopic (exact) mass is 693 g/mol. The molecule has 0 bridgehead atoms. The van der Waals surface area contributed by atoms with Crippen molar-refractivity contribution in [2.45, 2.75) is 110 Å². The number of primary amides is 2. The van der Waals surface area contributed by atoms with Gasteiger partial charge in [-0.05, 0) is 37.4 Å². The molecule has 46 heavy (non-hydrogen) atoms. The SMILES string of the molecule is CC(=O)N[C@H](CS)C(=O)C[C@H](CCCC[NH3+])C(N)=O.CC(=O)N[C@H](CSC(C)C)C(=O)C[C@H](CCCN=C(N)N)C(N)=O.CCC. The summed E-state index contributed by atoms with van der Waals surface area (Å²) in [7, 11) is 0. The Labute approximate surface area is 284 Å². The van der Waals surface area contributed by atoms with Gasteiger partial charge in [-0.2, -0.15) is 24.4 Å². The fraction of sp³-hybridized carbons (Fsp3) is 0.767. The molecule has 0 aromatic heterocycles. The molecule has 16 heteroatoms. The first kappa shape index (κ1) is 47.6. The number of aliphatic imine (C=N–C) groups is 1. The molecule has 268 valence electrons. The summed E-state index contributed by atoms with van der Waals surface area (Å²) in [5, 5.41) is 5.49. The second kappa shape index (κ2) is 29.5. The zero-order valence-corrected chi connectivity index (χ0v) is 30.4. The van der Waals surface area contributed by atoms with Crippen molar-refractivity contribution in [3.05, 3.63) is 0 Å². The molecule has 0 rings (SSSR count). The molecule has 0 saturated heterocycles. The minimum atomic E-state index is -0.657. The van der Waals surface area contributed by atoms with Crippen LogP contribution in [0, 0.1) is 11.8 Å². The molecule has 0 aliphatic rings. The number of nitrogens with two attached hydrogens (primary N) is 4. The van der Waals surface area contributed by atoms with Gasteiger partial charge in [-0.3, -0.25) is 33.8 Å². The summed E-state index contributed by atoms with van der Waals surface area (Å²) >= 11 is 5.60. The molecule has 0 aromatic carbocycles. The second-order valence-corrected chi connectivity index (χ2v) is 13.1. The van der Waals surface area contributed by atoms with Crippen LogP contribution in [-0.4, -0.2) is 83.1 Å². The van der Waals surface area contributed by atoms with Crippen LogP contribution in [0.5, 0.6) is 0 Å². The lowest BCUT2D eigenvalue weighted by Crippen LogP contribution is -2.50. The van der Waals surface area contributed by atoms with E-state index in [9.17, 15) is 28.8 Å². The average Bonchev–Trinajstić information content (AvgIpc) is 2.94. The maximum Gasteiger partial charge on any atom is 0.220 e. The van der Waals surface area contributed by atoms with Crippen LogP contribution in [0.1, 0.15) is 92.9 Å². The predicted octanol–water partition coefficient (Wildman–Crippen LogP) is 0.0571. The highest BCUT2D eigenvalue weighted by molar-refractivity contribution is 7.99. The predicted molar refractivity (Wildman–Crippen MR) is 189 cm³/mol. The summed E-state index contributed by atoms with van der Waals surface area (Å²) < 4.78 is 0. The maximum atomic E-state index is 12.4. The van der Waals surface area contributed by atoms with Crippen molar-refractivity contribution < 1.29 is 34.5 Å². The molecule has 4 amide bonds. The zero-order valence-electron chi connectivity index (χ0n) is 28.6. The third-order valence-corrected chi connectivity index (χ3v) is 7.63. The molecular formula is C30H61N8O6S2+. The third kappa shape index (κ3) is 28.6. The van der Waals surface area contributed by atoms with E-state index in [-0.39, 0.29) is 47.9 Å². The van der Waals surface area contributed by atoms with Crippen LogP contribution < -0.4 is 39.3 Å². The second-order valence-electron chi connectivity index (χ2n) is 11.1. The quantitative estimate of drug-likeness (QED) is 0.0329. The van der Waals surface area contributed by atoms with Crippen LogP contribution in [0.4, 0.5) is 0 Å². The van der Waals surface area contributed by atoms with Crippen molar-refractivity contribution in [3.8, 4) is 0 Å². The van der Waals surface area contributed by atoms with Gasteiger partial charge < -0.3 is 39.3 Å². The summed E-state index contributed by atoms with van der Waals surface area (Å²) in [6.45, 7) is 12.1. The largest absolute Gasteiger partial charge is 0.370 e. The Hall–Kier alpha value is -2.85. The van der Waals surface area contributed by atoms with Gasteiger partial charge in [0.15, 0.2) is 17.5 Å². The summed E-state index contributed by atoms with van der Waals surface area (Å²) in [6, 6.07) is -1.27. The number of rotatable bonds is 22. The van der Waals surface area contributed by atoms with Crippen LogP contribution in [0.25, 0.3) is 0 Å². The number of Topliss-reactive ketones (excluding diaryl/α,β-unsaturated/α-hetero) is 2. The lowest BCUT2D eigenvalue weighted by molar-refractivity contribution is -0.368. The van der Waals surface area contributed by atoms with E-state index in [1.165, 1.54) is 20.3 Å². The van der Waals surface area contributed by atoms with Crippen LogP contribution in [0.3, 0.4) is 0 Å². The van der Waals surface area contributed by atoms with Gasteiger partial charge in [-0.25, -0.2) is 0 Å². The van der Waals surface area contributed by atoms with E-state index in [2.05, 4.69) is 47.8 Å². The number of thiol groups is 1. The minimum absolute atomic E-state index is 0.000751. The van der Waals surface area contributed by atoms with E-state index in [1.54, 1.807) is 11.8 Å². The zero-order chi connectivity index (χ0) is 36.2. The highest BCUT2D eigenvalue weighted by Gasteiger charge is 2.26. The average molecular weight is 694 g/mol. The number of carbonyl (C=O) groups excluding carboxylic acids is 6. The molecule has 4 atom stereocenters. The van der Waals surface area contributed by atoms with Crippen molar-refractivity contribution in [2.24, 2.45) is 39.8 Å². The number of hydrogen-bond acceptors (Lipinski definition) is 9. The van der Waals surface area contributed by atoms with Gasteiger partial charge in [0.2, 0.25) is 23.6 Å². The van der Waals surface area contributed by atoms with Crippen LogP contribution >= 0.6 is 24.4 Å². The summed E-state index contributed by atoms with van der Waals surface area (Å²) in [5.74, 6) is -2.38.